The largest absolute Gasteiger partial charge is 0.350 e. The van der Waals surface area contributed by atoms with Crippen LogP contribution in [0.25, 0.3) is 0 Å². The fourth-order valence-corrected chi connectivity index (χ4v) is 3.41. The first-order valence-electron chi connectivity index (χ1n) is 7.47. The van der Waals surface area contributed by atoms with E-state index in [1.165, 1.54) is 13.3 Å². The van der Waals surface area contributed by atoms with Crippen LogP contribution in [-0.2, 0) is 11.2 Å². The molecule has 6 heteroatoms. The monoisotopic (exact) mass is 311 g/mol. The Kier molecular flexibility index (Phi) is 3.86. The van der Waals surface area contributed by atoms with Crippen molar-refractivity contribution in [3.05, 3.63) is 17.0 Å². The van der Waals surface area contributed by atoms with E-state index in [1.807, 2.05) is 4.90 Å². The van der Waals surface area contributed by atoms with Crippen LogP contribution < -0.4 is 4.90 Å². The van der Waals surface area contributed by atoms with Gasteiger partial charge in [-0.2, -0.15) is 0 Å². The average Bonchev–Trinajstić information content (AvgIpc) is 2.56. The van der Waals surface area contributed by atoms with Crippen LogP contribution in [0, 0.1) is 0 Å². The number of anilines is 1. The van der Waals surface area contributed by atoms with E-state index in [-0.39, 0.29) is 24.3 Å². The Morgan fingerprint density at radius 2 is 2.10 bits per heavy atom. The van der Waals surface area contributed by atoms with Crippen LogP contribution >= 0.6 is 11.6 Å². The molecule has 21 heavy (non-hydrogen) atoms. The van der Waals surface area contributed by atoms with Gasteiger partial charge in [-0.15, -0.1) is 0 Å². The van der Waals surface area contributed by atoms with Gasteiger partial charge in [0.25, 0.3) is 0 Å². The summed E-state index contributed by atoms with van der Waals surface area (Å²) in [7, 11) is 0. The predicted molar refractivity (Wildman–Crippen MR) is 79.5 cm³/mol. The maximum atomic E-state index is 14.7. The van der Waals surface area contributed by atoms with Crippen LogP contribution in [0.4, 0.5) is 10.2 Å². The molecule has 3 rings (SSSR count). The number of halogens is 2. The molecule has 1 aromatic rings. The highest BCUT2D eigenvalue weighted by Gasteiger charge is 2.41. The lowest BCUT2D eigenvalue weighted by Crippen LogP contribution is -2.47. The third kappa shape index (κ3) is 2.89. The Morgan fingerprint density at radius 3 is 2.81 bits per heavy atom. The number of nitrogens with zero attached hydrogens (tertiary/aromatic N) is 3. The molecule has 114 valence electrons. The second kappa shape index (κ2) is 5.52. The van der Waals surface area contributed by atoms with Crippen molar-refractivity contribution < 1.29 is 9.18 Å². The standard InChI is InChI=1S/C15H19ClFN3O/c1-15(17)9-20(11-5-3-2-4-6-11)13-10(7-12(15)21)8-18-14(16)19-13/h8,11H,2-7,9H2,1H3. The van der Waals surface area contributed by atoms with Crippen molar-refractivity contribution in [3.8, 4) is 0 Å². The first-order valence-corrected chi connectivity index (χ1v) is 7.85. The fourth-order valence-electron chi connectivity index (χ4n) is 3.29. The van der Waals surface area contributed by atoms with Gasteiger partial charge in [0.2, 0.25) is 5.28 Å². The van der Waals surface area contributed by atoms with Crippen LogP contribution in [0.1, 0.15) is 44.6 Å². The van der Waals surface area contributed by atoms with E-state index in [1.54, 1.807) is 6.20 Å². The predicted octanol–water partition coefficient (Wildman–Crippen LogP) is 3.12. The zero-order chi connectivity index (χ0) is 15.0. The molecule has 1 atom stereocenters. The second-order valence-electron chi connectivity index (χ2n) is 6.21. The molecule has 1 aromatic heterocycles. The van der Waals surface area contributed by atoms with E-state index >= 15 is 0 Å². The van der Waals surface area contributed by atoms with Crippen molar-refractivity contribution >= 4 is 23.2 Å². The molecule has 0 bridgehead atoms. The summed E-state index contributed by atoms with van der Waals surface area (Å²) < 4.78 is 14.7. The van der Waals surface area contributed by atoms with Gasteiger partial charge in [-0.25, -0.2) is 14.4 Å². The number of Topliss-reactive ketones (excluding diaryl/α,β-unsaturated/α-hetero) is 1. The number of carbonyl (C=O) groups excluding carboxylic acids is 1. The molecule has 0 radical (unpaired) electrons. The van der Waals surface area contributed by atoms with Crippen LogP contribution in [-0.4, -0.2) is 34.0 Å². The Hall–Kier alpha value is -1.23. The molecule has 1 aliphatic carbocycles. The summed E-state index contributed by atoms with van der Waals surface area (Å²) in [5.74, 6) is 0.226. The molecule has 2 aliphatic rings. The molecule has 0 amide bonds. The topological polar surface area (TPSA) is 46.1 Å². The summed E-state index contributed by atoms with van der Waals surface area (Å²) in [5.41, 5.74) is -1.18. The maximum absolute atomic E-state index is 14.7. The number of hydrogen-bond donors (Lipinski definition) is 0. The van der Waals surface area contributed by atoms with Crippen LogP contribution in [0.3, 0.4) is 0 Å². The Balaban J connectivity index is 2.03. The summed E-state index contributed by atoms with van der Waals surface area (Å²) in [5, 5.41) is 0.143. The minimum absolute atomic E-state index is 0.0305. The first kappa shape index (κ1) is 14.7. The molecule has 4 nitrogen and oxygen atoms in total. The molecular formula is C15H19ClFN3O. The number of hydrogen-bond acceptors (Lipinski definition) is 4. The minimum atomic E-state index is -1.86. The highest BCUT2D eigenvalue weighted by atomic mass is 35.5. The van der Waals surface area contributed by atoms with Crippen LogP contribution in [0.2, 0.25) is 5.28 Å². The van der Waals surface area contributed by atoms with E-state index in [9.17, 15) is 9.18 Å². The van der Waals surface area contributed by atoms with Crippen molar-refractivity contribution in [2.75, 3.05) is 11.4 Å². The summed E-state index contributed by atoms with van der Waals surface area (Å²) in [6.45, 7) is 1.42. The highest BCUT2D eigenvalue weighted by molar-refractivity contribution is 6.28. The van der Waals surface area contributed by atoms with Crippen molar-refractivity contribution in [3.63, 3.8) is 0 Å². The van der Waals surface area contributed by atoms with Gasteiger partial charge >= 0.3 is 0 Å². The van der Waals surface area contributed by atoms with Gasteiger partial charge in [0.1, 0.15) is 5.82 Å². The number of rotatable bonds is 1. The lowest BCUT2D eigenvalue weighted by atomic mass is 9.93. The molecular weight excluding hydrogens is 293 g/mol. The zero-order valence-electron chi connectivity index (χ0n) is 12.1. The summed E-state index contributed by atoms with van der Waals surface area (Å²) in [6, 6.07) is 0.226. The quantitative estimate of drug-likeness (QED) is 0.748. The molecule has 1 aliphatic heterocycles. The molecule has 0 saturated heterocycles. The Bertz CT molecular complexity index is 558. The number of fused-ring (bicyclic) bond motifs is 1. The molecule has 1 fully saturated rings. The van der Waals surface area contributed by atoms with E-state index in [4.69, 9.17) is 11.6 Å². The molecule has 0 N–H and O–H groups in total. The second-order valence-corrected chi connectivity index (χ2v) is 6.54. The number of aromatic nitrogens is 2. The Labute approximate surface area is 128 Å². The summed E-state index contributed by atoms with van der Waals surface area (Å²) in [4.78, 5) is 22.3. The van der Waals surface area contributed by atoms with Gasteiger partial charge in [-0.1, -0.05) is 19.3 Å². The molecule has 1 saturated carbocycles. The van der Waals surface area contributed by atoms with E-state index in [0.717, 1.165) is 25.7 Å². The van der Waals surface area contributed by atoms with Gasteiger partial charge in [0, 0.05) is 24.2 Å². The van der Waals surface area contributed by atoms with Crippen molar-refractivity contribution in [1.29, 1.82) is 0 Å². The average molecular weight is 312 g/mol. The van der Waals surface area contributed by atoms with Gasteiger partial charge in [-0.05, 0) is 31.4 Å². The molecule has 0 aromatic carbocycles. The van der Waals surface area contributed by atoms with Crippen molar-refractivity contribution in [2.45, 2.75) is 57.2 Å². The molecule has 2 heterocycles. The lowest BCUT2D eigenvalue weighted by molar-refractivity contribution is -0.128. The minimum Gasteiger partial charge on any atom is -0.350 e. The SMILES string of the molecule is CC1(F)CN(C2CCCCC2)c2nc(Cl)ncc2CC1=O. The van der Waals surface area contributed by atoms with E-state index < -0.39 is 11.5 Å². The van der Waals surface area contributed by atoms with Gasteiger partial charge < -0.3 is 4.90 Å². The Morgan fingerprint density at radius 1 is 1.38 bits per heavy atom. The number of ketones is 1. The zero-order valence-corrected chi connectivity index (χ0v) is 12.9. The third-order valence-electron chi connectivity index (χ3n) is 4.50. The van der Waals surface area contributed by atoms with Crippen LogP contribution in [0.5, 0.6) is 0 Å². The number of alkyl halides is 1. The third-order valence-corrected chi connectivity index (χ3v) is 4.68. The number of carbonyl (C=O) groups is 1. The van der Waals surface area contributed by atoms with Crippen molar-refractivity contribution in [2.24, 2.45) is 0 Å². The van der Waals surface area contributed by atoms with Crippen LogP contribution in [0.15, 0.2) is 6.20 Å². The van der Waals surface area contributed by atoms with Gasteiger partial charge in [0.15, 0.2) is 11.5 Å². The molecule has 1 unspecified atom stereocenters. The summed E-state index contributed by atoms with van der Waals surface area (Å²) >= 11 is 5.91. The van der Waals surface area contributed by atoms with Crippen molar-refractivity contribution in [1.82, 2.24) is 9.97 Å². The highest BCUT2D eigenvalue weighted by Crippen LogP contribution is 2.34. The first-order chi connectivity index (χ1) is 9.97. The maximum Gasteiger partial charge on any atom is 0.224 e. The molecule has 0 spiro atoms. The normalized spacial score (nSPS) is 27.4. The fraction of sp³-hybridized carbons (Fsp3) is 0.667. The van der Waals surface area contributed by atoms with Gasteiger partial charge in [0.05, 0.1) is 6.54 Å². The van der Waals surface area contributed by atoms with E-state index in [0.29, 0.717) is 11.4 Å². The summed E-state index contributed by atoms with van der Waals surface area (Å²) in [6.07, 6.45) is 7.07. The van der Waals surface area contributed by atoms with Gasteiger partial charge in [-0.3, -0.25) is 4.79 Å². The van der Waals surface area contributed by atoms with E-state index in [2.05, 4.69) is 9.97 Å². The lowest BCUT2D eigenvalue weighted by Gasteiger charge is -2.37. The smallest absolute Gasteiger partial charge is 0.224 e.